The van der Waals surface area contributed by atoms with E-state index in [1.54, 1.807) is 0 Å². The number of piperidine rings is 1. The van der Waals surface area contributed by atoms with E-state index >= 15 is 0 Å². The molecule has 1 fully saturated rings. The third-order valence-corrected chi connectivity index (χ3v) is 6.47. The summed E-state index contributed by atoms with van der Waals surface area (Å²) in [4.78, 5) is 21.3. The van der Waals surface area contributed by atoms with Crippen molar-refractivity contribution in [2.24, 2.45) is 13.0 Å². The Morgan fingerprint density at radius 1 is 1.31 bits per heavy atom. The quantitative estimate of drug-likeness (QED) is 0.520. The zero-order valence-corrected chi connectivity index (χ0v) is 19.8. The molecule has 1 aliphatic rings. The number of benzene rings is 1. The van der Waals surface area contributed by atoms with Crippen LogP contribution in [0.25, 0.3) is 0 Å². The van der Waals surface area contributed by atoms with Gasteiger partial charge in [-0.1, -0.05) is 12.1 Å². The third-order valence-electron chi connectivity index (χ3n) is 5.69. The SMILES string of the molecule is Cc1nc(C(=O)N2CCCC(COc3cccc(CN(C)Cc4cnn(C)c4)c3)C2)cs1. The minimum absolute atomic E-state index is 0.0395. The summed E-state index contributed by atoms with van der Waals surface area (Å²) in [6.07, 6.45) is 6.03. The van der Waals surface area contributed by atoms with Gasteiger partial charge in [-0.3, -0.25) is 14.4 Å². The predicted octanol–water partition coefficient (Wildman–Crippen LogP) is 3.75. The lowest BCUT2D eigenvalue weighted by molar-refractivity contribution is 0.0628. The summed E-state index contributed by atoms with van der Waals surface area (Å²) in [6, 6.07) is 8.30. The fraction of sp³-hybridized carbons (Fsp3) is 0.458. The van der Waals surface area contributed by atoms with Gasteiger partial charge in [0.15, 0.2) is 0 Å². The van der Waals surface area contributed by atoms with Gasteiger partial charge < -0.3 is 9.64 Å². The van der Waals surface area contributed by atoms with Gasteiger partial charge in [0.05, 0.1) is 17.8 Å². The van der Waals surface area contributed by atoms with Crippen LogP contribution in [-0.2, 0) is 20.1 Å². The lowest BCUT2D eigenvalue weighted by atomic mass is 9.98. The van der Waals surface area contributed by atoms with Gasteiger partial charge in [0.2, 0.25) is 0 Å². The van der Waals surface area contributed by atoms with E-state index in [0.717, 1.165) is 49.8 Å². The number of likely N-dealkylation sites (tertiary alicyclic amines) is 1. The highest BCUT2D eigenvalue weighted by Gasteiger charge is 2.26. The monoisotopic (exact) mass is 453 g/mol. The predicted molar refractivity (Wildman–Crippen MR) is 126 cm³/mol. The maximum atomic E-state index is 12.7. The van der Waals surface area contributed by atoms with Crippen LogP contribution in [0.2, 0.25) is 0 Å². The Hall–Kier alpha value is -2.71. The molecule has 3 aromatic rings. The zero-order chi connectivity index (χ0) is 22.5. The molecule has 4 rings (SSSR count). The summed E-state index contributed by atoms with van der Waals surface area (Å²) in [6.45, 7) is 5.76. The molecule has 2 aromatic heterocycles. The van der Waals surface area contributed by atoms with Gasteiger partial charge in [0.1, 0.15) is 11.4 Å². The highest BCUT2D eigenvalue weighted by atomic mass is 32.1. The minimum Gasteiger partial charge on any atom is -0.493 e. The van der Waals surface area contributed by atoms with E-state index in [1.807, 2.05) is 53.5 Å². The highest BCUT2D eigenvalue weighted by molar-refractivity contribution is 7.09. The number of amides is 1. The molecule has 32 heavy (non-hydrogen) atoms. The Bertz CT molecular complexity index is 1050. The van der Waals surface area contributed by atoms with E-state index in [1.165, 1.54) is 22.5 Å². The van der Waals surface area contributed by atoms with Gasteiger partial charge in [-0.2, -0.15) is 5.10 Å². The van der Waals surface area contributed by atoms with Crippen LogP contribution in [0.4, 0.5) is 0 Å². The Labute approximate surface area is 193 Å². The fourth-order valence-corrected chi connectivity index (χ4v) is 4.78. The number of carbonyl (C=O) groups excluding carboxylic acids is 1. The van der Waals surface area contributed by atoms with Gasteiger partial charge in [-0.25, -0.2) is 4.98 Å². The summed E-state index contributed by atoms with van der Waals surface area (Å²) < 4.78 is 7.97. The summed E-state index contributed by atoms with van der Waals surface area (Å²) in [5.74, 6) is 1.26. The number of aromatic nitrogens is 3. The largest absolute Gasteiger partial charge is 0.493 e. The first-order chi connectivity index (χ1) is 15.5. The Morgan fingerprint density at radius 3 is 2.91 bits per heavy atom. The van der Waals surface area contributed by atoms with Crippen LogP contribution in [0, 0.1) is 12.8 Å². The van der Waals surface area contributed by atoms with Gasteiger partial charge >= 0.3 is 0 Å². The van der Waals surface area contributed by atoms with Crippen LogP contribution >= 0.6 is 11.3 Å². The molecule has 0 aliphatic carbocycles. The Morgan fingerprint density at radius 2 is 2.16 bits per heavy atom. The maximum Gasteiger partial charge on any atom is 0.273 e. The average Bonchev–Trinajstić information content (AvgIpc) is 3.40. The first-order valence-electron chi connectivity index (χ1n) is 11.1. The number of rotatable bonds is 8. The second-order valence-electron chi connectivity index (χ2n) is 8.66. The van der Waals surface area contributed by atoms with Gasteiger partial charge in [-0.15, -0.1) is 11.3 Å². The van der Waals surface area contributed by atoms with Crippen LogP contribution in [-0.4, -0.2) is 57.2 Å². The molecule has 1 amide bonds. The first-order valence-corrected chi connectivity index (χ1v) is 11.9. The van der Waals surface area contributed by atoms with E-state index < -0.39 is 0 Å². The standard InChI is InChI=1S/C24H31N5O2S/c1-18-26-23(17-32-18)24(30)29-9-5-7-20(15-29)16-31-22-8-4-6-19(10-22)12-27(2)13-21-11-25-28(3)14-21/h4,6,8,10-11,14,17,20H,5,7,9,12-13,15-16H2,1-3H3. The van der Waals surface area contributed by atoms with Crippen LogP contribution in [0.5, 0.6) is 5.75 Å². The number of aryl methyl sites for hydroxylation is 2. The van der Waals surface area contributed by atoms with Crippen LogP contribution in [0.3, 0.4) is 0 Å². The molecule has 1 unspecified atom stereocenters. The molecule has 0 N–H and O–H groups in total. The number of hydrogen-bond donors (Lipinski definition) is 0. The number of carbonyl (C=O) groups is 1. The van der Waals surface area contributed by atoms with Crippen molar-refractivity contribution in [3.63, 3.8) is 0 Å². The number of thiazole rings is 1. The Kier molecular flexibility index (Phi) is 7.22. The van der Waals surface area contributed by atoms with Crippen molar-refractivity contribution < 1.29 is 9.53 Å². The molecule has 0 bridgehead atoms. The van der Waals surface area contributed by atoms with Crippen molar-refractivity contribution >= 4 is 17.2 Å². The van der Waals surface area contributed by atoms with Crippen molar-refractivity contribution in [3.8, 4) is 5.75 Å². The van der Waals surface area contributed by atoms with Gasteiger partial charge in [0.25, 0.3) is 5.91 Å². The van der Waals surface area contributed by atoms with Crippen LogP contribution in [0.1, 0.15) is 39.5 Å². The number of ether oxygens (including phenoxy) is 1. The second kappa shape index (κ2) is 10.3. The molecule has 0 spiro atoms. The summed E-state index contributed by atoms with van der Waals surface area (Å²) in [5.41, 5.74) is 2.98. The lowest BCUT2D eigenvalue weighted by Gasteiger charge is -2.32. The van der Waals surface area contributed by atoms with Crippen LogP contribution in [0.15, 0.2) is 42.0 Å². The van der Waals surface area contributed by atoms with Crippen molar-refractivity contribution in [2.75, 3.05) is 26.7 Å². The average molecular weight is 454 g/mol. The first kappa shape index (κ1) is 22.5. The zero-order valence-electron chi connectivity index (χ0n) is 19.0. The lowest BCUT2D eigenvalue weighted by Crippen LogP contribution is -2.41. The van der Waals surface area contributed by atoms with E-state index in [4.69, 9.17) is 4.74 Å². The molecule has 3 heterocycles. The molecule has 1 aliphatic heterocycles. The van der Waals surface area contributed by atoms with E-state index in [-0.39, 0.29) is 5.91 Å². The molecular formula is C24H31N5O2S. The molecule has 1 saturated heterocycles. The maximum absolute atomic E-state index is 12.7. The summed E-state index contributed by atoms with van der Waals surface area (Å²) in [7, 11) is 4.05. The van der Waals surface area contributed by atoms with E-state index in [2.05, 4.69) is 34.2 Å². The van der Waals surface area contributed by atoms with E-state index in [9.17, 15) is 4.79 Å². The minimum atomic E-state index is 0.0395. The second-order valence-corrected chi connectivity index (χ2v) is 9.73. The number of nitrogens with zero attached hydrogens (tertiary/aromatic N) is 5. The van der Waals surface area contributed by atoms with Crippen molar-refractivity contribution in [3.05, 3.63) is 63.9 Å². The molecule has 1 aromatic carbocycles. The van der Waals surface area contributed by atoms with Crippen molar-refractivity contribution in [2.45, 2.75) is 32.9 Å². The molecule has 0 saturated carbocycles. The van der Waals surface area contributed by atoms with E-state index in [0.29, 0.717) is 18.2 Å². The summed E-state index contributed by atoms with van der Waals surface area (Å²) >= 11 is 1.52. The van der Waals surface area contributed by atoms with Crippen molar-refractivity contribution in [1.82, 2.24) is 24.6 Å². The highest BCUT2D eigenvalue weighted by Crippen LogP contribution is 2.22. The van der Waals surface area contributed by atoms with Gasteiger partial charge in [0, 0.05) is 56.3 Å². The number of hydrogen-bond acceptors (Lipinski definition) is 6. The molecule has 7 nitrogen and oxygen atoms in total. The molecule has 0 radical (unpaired) electrons. The Balaban J connectivity index is 1.28. The molecule has 8 heteroatoms. The fourth-order valence-electron chi connectivity index (χ4n) is 4.19. The normalized spacial score (nSPS) is 16.5. The molecular weight excluding hydrogens is 422 g/mol. The smallest absolute Gasteiger partial charge is 0.273 e. The van der Waals surface area contributed by atoms with Crippen molar-refractivity contribution in [1.29, 1.82) is 0 Å². The molecule has 170 valence electrons. The third kappa shape index (κ3) is 5.95. The molecule has 1 atom stereocenters. The van der Waals surface area contributed by atoms with Crippen LogP contribution < -0.4 is 4.74 Å². The van der Waals surface area contributed by atoms with Gasteiger partial charge in [-0.05, 0) is 44.5 Å². The topological polar surface area (TPSA) is 63.5 Å². The summed E-state index contributed by atoms with van der Waals surface area (Å²) in [5, 5.41) is 7.02.